The van der Waals surface area contributed by atoms with Crippen molar-refractivity contribution in [3.05, 3.63) is 48.0 Å². The summed E-state index contributed by atoms with van der Waals surface area (Å²) >= 11 is 0. The summed E-state index contributed by atoms with van der Waals surface area (Å²) in [5.41, 5.74) is -2.99. The van der Waals surface area contributed by atoms with Gasteiger partial charge >= 0.3 is 6.18 Å². The number of methoxy groups -OCH3 is 1. The summed E-state index contributed by atoms with van der Waals surface area (Å²) in [5.74, 6) is -1.25. The molecular weight excluding hydrogens is 417 g/mol. The van der Waals surface area contributed by atoms with Crippen molar-refractivity contribution in [3.8, 4) is 5.75 Å². The highest BCUT2D eigenvalue weighted by Gasteiger charge is 2.59. The molecule has 2 amide bonds. The zero-order valence-corrected chi connectivity index (χ0v) is 17.1. The minimum absolute atomic E-state index is 0.0586. The fraction of sp³-hybridized carbons (Fsp3) is 0.450. The van der Waals surface area contributed by atoms with E-state index in [1.165, 1.54) is 30.2 Å². The van der Waals surface area contributed by atoms with Gasteiger partial charge in [0.05, 0.1) is 13.5 Å². The van der Waals surface area contributed by atoms with Crippen molar-refractivity contribution in [2.45, 2.75) is 18.2 Å². The number of amides is 2. The van der Waals surface area contributed by atoms with Gasteiger partial charge in [-0.25, -0.2) is 4.98 Å². The molecule has 11 heteroatoms. The number of aryl methyl sites for hydroxylation is 1. The fourth-order valence-electron chi connectivity index (χ4n) is 3.50. The highest BCUT2D eigenvalue weighted by molar-refractivity contribution is 5.94. The van der Waals surface area contributed by atoms with Crippen LogP contribution in [0.4, 0.5) is 13.2 Å². The molecule has 0 saturated carbocycles. The van der Waals surface area contributed by atoms with Crippen LogP contribution in [-0.4, -0.2) is 75.7 Å². The first-order chi connectivity index (χ1) is 14.6. The van der Waals surface area contributed by atoms with Crippen LogP contribution in [0.25, 0.3) is 0 Å². The summed E-state index contributed by atoms with van der Waals surface area (Å²) in [5, 5.41) is 10.4. The predicted molar refractivity (Wildman–Crippen MR) is 103 cm³/mol. The highest BCUT2D eigenvalue weighted by atomic mass is 19.4. The van der Waals surface area contributed by atoms with Crippen molar-refractivity contribution in [3.63, 3.8) is 0 Å². The molecule has 2 aromatic rings. The van der Waals surface area contributed by atoms with Crippen LogP contribution in [0.5, 0.6) is 5.75 Å². The minimum atomic E-state index is -5.09. The van der Waals surface area contributed by atoms with Gasteiger partial charge in [-0.1, -0.05) is 6.07 Å². The molecule has 8 nitrogen and oxygen atoms in total. The van der Waals surface area contributed by atoms with E-state index in [2.05, 4.69) is 4.98 Å². The van der Waals surface area contributed by atoms with Crippen LogP contribution >= 0.6 is 0 Å². The summed E-state index contributed by atoms with van der Waals surface area (Å²) in [6, 6.07) is 6.62. The summed E-state index contributed by atoms with van der Waals surface area (Å²) in [7, 11) is 2.80. The molecule has 0 bridgehead atoms. The van der Waals surface area contributed by atoms with Gasteiger partial charge in [-0.3, -0.25) is 9.59 Å². The molecule has 1 aromatic heterocycles. The first-order valence-electron chi connectivity index (χ1n) is 9.55. The second-order valence-corrected chi connectivity index (χ2v) is 7.30. The van der Waals surface area contributed by atoms with Crippen molar-refractivity contribution in [2.24, 2.45) is 7.05 Å². The molecule has 1 fully saturated rings. The van der Waals surface area contributed by atoms with Crippen LogP contribution < -0.4 is 4.74 Å². The Labute approximate surface area is 176 Å². The third-order valence-corrected chi connectivity index (χ3v) is 5.30. The number of nitrogens with zero attached hydrogens (tertiary/aromatic N) is 4. The molecule has 0 aliphatic carbocycles. The number of imidazole rings is 1. The molecule has 1 aliphatic heterocycles. The number of carbonyl (C=O) groups excluding carboxylic acids is 2. The largest absolute Gasteiger partial charge is 0.497 e. The number of piperazine rings is 1. The van der Waals surface area contributed by atoms with E-state index >= 15 is 0 Å². The number of ether oxygens (including phenoxy) is 1. The van der Waals surface area contributed by atoms with E-state index in [-0.39, 0.29) is 32.1 Å². The van der Waals surface area contributed by atoms with Gasteiger partial charge in [0.25, 0.3) is 5.91 Å². The average molecular weight is 440 g/mol. The Balaban J connectivity index is 1.67. The van der Waals surface area contributed by atoms with Crippen LogP contribution in [0, 0.1) is 0 Å². The lowest BCUT2D eigenvalue weighted by molar-refractivity contribution is -0.272. The van der Waals surface area contributed by atoms with Crippen molar-refractivity contribution in [1.29, 1.82) is 0 Å². The number of hydrogen-bond acceptors (Lipinski definition) is 5. The van der Waals surface area contributed by atoms with Crippen molar-refractivity contribution < 1.29 is 32.6 Å². The fourth-order valence-corrected chi connectivity index (χ4v) is 3.50. The standard InChI is InChI=1S/C20H23F3N4O4/c1-25-7-6-24-18(25)19(30,20(21,22)23)13-16(28)26-8-10-27(11-9-26)17(29)14-4-3-5-15(12-14)31-2/h3-7,12,30H,8-11,13H2,1-2H3. The number of carbonyl (C=O) groups is 2. The molecule has 0 radical (unpaired) electrons. The molecule has 31 heavy (non-hydrogen) atoms. The van der Waals surface area contributed by atoms with Gasteiger partial charge in [-0.2, -0.15) is 13.2 Å². The van der Waals surface area contributed by atoms with Crippen molar-refractivity contribution in [2.75, 3.05) is 33.3 Å². The minimum Gasteiger partial charge on any atom is -0.497 e. The molecule has 1 aliphatic rings. The summed E-state index contributed by atoms with van der Waals surface area (Å²) < 4.78 is 47.1. The lowest BCUT2D eigenvalue weighted by Crippen LogP contribution is -2.53. The molecule has 3 rings (SSSR count). The lowest BCUT2D eigenvalue weighted by atomic mass is 9.96. The highest BCUT2D eigenvalue weighted by Crippen LogP contribution is 2.41. The van der Waals surface area contributed by atoms with Crippen LogP contribution in [0.2, 0.25) is 0 Å². The number of hydrogen-bond donors (Lipinski definition) is 1. The molecule has 168 valence electrons. The van der Waals surface area contributed by atoms with E-state index in [0.29, 0.717) is 11.3 Å². The Hall–Kier alpha value is -3.08. The number of halogens is 3. The average Bonchev–Trinajstić information content (AvgIpc) is 3.19. The number of benzene rings is 1. The Morgan fingerprint density at radius 2 is 1.81 bits per heavy atom. The quantitative estimate of drug-likeness (QED) is 0.763. The van der Waals surface area contributed by atoms with Gasteiger partial charge in [0.2, 0.25) is 11.5 Å². The van der Waals surface area contributed by atoms with Gasteiger partial charge in [0, 0.05) is 51.2 Å². The maximum Gasteiger partial charge on any atom is 0.425 e. The van der Waals surface area contributed by atoms with Gasteiger partial charge in [0.15, 0.2) is 5.82 Å². The Morgan fingerprint density at radius 3 is 2.35 bits per heavy atom. The van der Waals surface area contributed by atoms with Crippen LogP contribution in [0.3, 0.4) is 0 Å². The van der Waals surface area contributed by atoms with E-state index in [1.807, 2.05) is 0 Å². The topological polar surface area (TPSA) is 87.9 Å². The maximum atomic E-state index is 13.7. The molecule has 1 atom stereocenters. The number of rotatable bonds is 5. The molecule has 0 spiro atoms. The summed E-state index contributed by atoms with van der Waals surface area (Å²) in [4.78, 5) is 31.6. The SMILES string of the molecule is COc1cccc(C(=O)N2CCN(C(=O)CC(O)(c3nccn3C)C(F)(F)F)CC2)c1. The first-order valence-corrected chi connectivity index (χ1v) is 9.55. The second-order valence-electron chi connectivity index (χ2n) is 7.30. The zero-order chi connectivity index (χ0) is 22.8. The van der Waals surface area contributed by atoms with Crippen LogP contribution in [0.1, 0.15) is 22.6 Å². The van der Waals surface area contributed by atoms with Crippen LogP contribution in [-0.2, 0) is 17.4 Å². The van der Waals surface area contributed by atoms with Crippen molar-refractivity contribution >= 4 is 11.8 Å². The Bertz CT molecular complexity index is 954. The van der Waals surface area contributed by atoms with Gasteiger partial charge in [-0.05, 0) is 18.2 Å². The van der Waals surface area contributed by atoms with Crippen LogP contribution in [0.15, 0.2) is 36.7 Å². The molecule has 2 heterocycles. The Kier molecular flexibility index (Phi) is 6.25. The molecular formula is C20H23F3N4O4. The van der Waals surface area contributed by atoms with E-state index < -0.39 is 29.9 Å². The second kappa shape index (κ2) is 8.58. The van der Waals surface area contributed by atoms with Gasteiger partial charge in [-0.15, -0.1) is 0 Å². The third kappa shape index (κ3) is 4.50. The normalized spacial score (nSPS) is 16.7. The summed E-state index contributed by atoms with van der Waals surface area (Å²) in [6.07, 6.45) is -3.89. The Morgan fingerprint density at radius 1 is 1.16 bits per heavy atom. The third-order valence-electron chi connectivity index (χ3n) is 5.30. The van der Waals surface area contributed by atoms with Gasteiger partial charge in [0.1, 0.15) is 5.75 Å². The molecule has 1 N–H and O–H groups in total. The molecule has 1 unspecified atom stereocenters. The predicted octanol–water partition coefficient (Wildman–Crippen LogP) is 1.55. The number of aromatic nitrogens is 2. The smallest absolute Gasteiger partial charge is 0.425 e. The monoisotopic (exact) mass is 440 g/mol. The summed E-state index contributed by atoms with van der Waals surface area (Å²) in [6.45, 7) is 0.440. The first kappa shape index (κ1) is 22.6. The maximum absolute atomic E-state index is 13.7. The number of aliphatic hydroxyl groups is 1. The molecule has 1 aromatic carbocycles. The van der Waals surface area contributed by atoms with E-state index in [4.69, 9.17) is 4.74 Å². The lowest BCUT2D eigenvalue weighted by Gasteiger charge is -2.37. The zero-order valence-electron chi connectivity index (χ0n) is 17.1. The molecule has 1 saturated heterocycles. The number of alkyl halides is 3. The van der Waals surface area contributed by atoms with E-state index in [9.17, 15) is 27.9 Å². The van der Waals surface area contributed by atoms with Crippen molar-refractivity contribution in [1.82, 2.24) is 19.4 Å². The van der Waals surface area contributed by atoms with Gasteiger partial charge < -0.3 is 24.2 Å². The van der Waals surface area contributed by atoms with E-state index in [1.54, 1.807) is 24.3 Å². The van der Waals surface area contributed by atoms with E-state index in [0.717, 1.165) is 10.8 Å².